The van der Waals surface area contributed by atoms with E-state index < -0.39 is 12.0 Å². The lowest BCUT2D eigenvalue weighted by Gasteiger charge is -2.24. The van der Waals surface area contributed by atoms with Crippen LogP contribution in [0.25, 0.3) is 0 Å². The van der Waals surface area contributed by atoms with Crippen LogP contribution in [0.1, 0.15) is 12.0 Å². The van der Waals surface area contributed by atoms with Gasteiger partial charge in [0.15, 0.2) is 0 Å². The normalized spacial score (nSPS) is 19.2. The summed E-state index contributed by atoms with van der Waals surface area (Å²) in [6, 6.07) is 7.97. The van der Waals surface area contributed by atoms with E-state index in [1.165, 1.54) is 0 Å². The van der Waals surface area contributed by atoms with Gasteiger partial charge in [-0.2, -0.15) is 5.26 Å². The zero-order chi connectivity index (χ0) is 13.8. The highest BCUT2D eigenvalue weighted by Gasteiger charge is 2.26. The van der Waals surface area contributed by atoms with E-state index in [9.17, 15) is 9.59 Å². The molecule has 0 saturated carbocycles. The molecule has 2 N–H and O–H groups in total. The van der Waals surface area contributed by atoms with Crippen molar-refractivity contribution < 1.29 is 14.7 Å². The summed E-state index contributed by atoms with van der Waals surface area (Å²) in [6.07, 6.45) is 0.254. The Labute approximate surface area is 110 Å². The first-order chi connectivity index (χ1) is 9.10. The molecule has 1 aromatic rings. The van der Waals surface area contributed by atoms with Gasteiger partial charge < -0.3 is 15.3 Å². The minimum absolute atomic E-state index is 0.215. The van der Waals surface area contributed by atoms with E-state index in [0.29, 0.717) is 12.1 Å². The molecule has 98 valence electrons. The molecule has 6 nitrogen and oxygen atoms in total. The number of carboxylic acid groups (broad SMARTS) is 1. The summed E-state index contributed by atoms with van der Waals surface area (Å²) in [6.45, 7) is 0.675. The number of hydrogen-bond donors (Lipinski definition) is 2. The van der Waals surface area contributed by atoms with Crippen LogP contribution in [0.4, 0.5) is 5.69 Å². The van der Waals surface area contributed by atoms with Crippen molar-refractivity contribution in [3.8, 4) is 6.07 Å². The van der Waals surface area contributed by atoms with Gasteiger partial charge in [-0.3, -0.25) is 4.79 Å². The van der Waals surface area contributed by atoms with Crippen molar-refractivity contribution in [1.29, 1.82) is 5.26 Å². The molecule has 1 aliphatic heterocycles. The smallest absolute Gasteiger partial charge is 0.328 e. The fourth-order valence-corrected chi connectivity index (χ4v) is 1.98. The second-order valence-corrected chi connectivity index (χ2v) is 4.31. The molecule has 0 aromatic heterocycles. The van der Waals surface area contributed by atoms with Crippen LogP contribution in [-0.4, -0.2) is 36.1 Å². The number of aliphatic carboxylic acids is 1. The van der Waals surface area contributed by atoms with Gasteiger partial charge in [0.05, 0.1) is 11.6 Å². The third-order valence-electron chi connectivity index (χ3n) is 3.01. The lowest BCUT2D eigenvalue weighted by Crippen LogP contribution is -2.45. The molecular formula is C13H13N3O3. The first-order valence-electron chi connectivity index (χ1n) is 5.87. The maximum absolute atomic E-state index is 11.4. The summed E-state index contributed by atoms with van der Waals surface area (Å²) in [7, 11) is 0. The Morgan fingerprint density at radius 1 is 1.42 bits per heavy atom. The Bertz CT molecular complexity index is 533. The number of anilines is 1. The van der Waals surface area contributed by atoms with Crippen molar-refractivity contribution in [2.75, 3.05) is 18.0 Å². The minimum atomic E-state index is -1.05. The maximum Gasteiger partial charge on any atom is 0.328 e. The molecule has 1 heterocycles. The zero-order valence-corrected chi connectivity index (χ0v) is 10.2. The summed E-state index contributed by atoms with van der Waals surface area (Å²) in [5.41, 5.74) is 1.35. The molecule has 19 heavy (non-hydrogen) atoms. The van der Waals surface area contributed by atoms with E-state index >= 15 is 0 Å². The van der Waals surface area contributed by atoms with Gasteiger partial charge in [0.2, 0.25) is 5.91 Å². The van der Waals surface area contributed by atoms with Crippen LogP contribution in [0.5, 0.6) is 0 Å². The van der Waals surface area contributed by atoms with E-state index in [-0.39, 0.29) is 18.9 Å². The molecule has 0 aliphatic carbocycles. The molecular weight excluding hydrogens is 246 g/mol. The number of carboxylic acids is 1. The van der Waals surface area contributed by atoms with Crippen LogP contribution in [0.3, 0.4) is 0 Å². The summed E-state index contributed by atoms with van der Waals surface area (Å²) in [4.78, 5) is 24.3. The molecule has 1 aromatic carbocycles. The molecule has 1 amide bonds. The Morgan fingerprint density at radius 2 is 2.11 bits per heavy atom. The standard InChI is InChI=1S/C13H13N3O3/c14-7-9-1-3-10(4-2-9)16-6-5-12(17)15-11(8-16)13(18)19/h1-4,11H,5-6,8H2,(H,15,17)(H,18,19). The highest BCUT2D eigenvalue weighted by atomic mass is 16.4. The van der Waals surface area contributed by atoms with E-state index in [4.69, 9.17) is 10.4 Å². The molecule has 1 aliphatic rings. The number of nitrogens with zero attached hydrogens (tertiary/aromatic N) is 2. The average Bonchev–Trinajstić information content (AvgIpc) is 2.61. The fourth-order valence-electron chi connectivity index (χ4n) is 1.98. The van der Waals surface area contributed by atoms with E-state index in [2.05, 4.69) is 5.32 Å². The van der Waals surface area contributed by atoms with Crippen molar-refractivity contribution in [3.63, 3.8) is 0 Å². The first kappa shape index (κ1) is 12.9. The third-order valence-corrected chi connectivity index (χ3v) is 3.01. The number of nitriles is 1. The molecule has 1 unspecified atom stereocenters. The second-order valence-electron chi connectivity index (χ2n) is 4.31. The number of nitrogens with one attached hydrogen (secondary N) is 1. The monoisotopic (exact) mass is 259 g/mol. The number of hydrogen-bond acceptors (Lipinski definition) is 4. The number of rotatable bonds is 2. The lowest BCUT2D eigenvalue weighted by atomic mass is 10.2. The predicted octanol–water partition coefficient (Wildman–Crippen LogP) is 0.338. The van der Waals surface area contributed by atoms with E-state index in [1.54, 1.807) is 24.3 Å². The van der Waals surface area contributed by atoms with Gasteiger partial charge in [-0.25, -0.2) is 4.79 Å². The Hall–Kier alpha value is -2.55. The van der Waals surface area contributed by atoms with Crippen molar-refractivity contribution in [3.05, 3.63) is 29.8 Å². The average molecular weight is 259 g/mol. The lowest BCUT2D eigenvalue weighted by molar-refractivity contribution is -0.141. The summed E-state index contributed by atoms with van der Waals surface area (Å²) < 4.78 is 0. The van der Waals surface area contributed by atoms with Gasteiger partial charge in [-0.1, -0.05) is 0 Å². The molecule has 1 atom stereocenters. The van der Waals surface area contributed by atoms with Crippen molar-refractivity contribution in [1.82, 2.24) is 5.32 Å². The highest BCUT2D eigenvalue weighted by molar-refractivity contribution is 5.85. The van der Waals surface area contributed by atoms with E-state index in [0.717, 1.165) is 5.69 Å². The van der Waals surface area contributed by atoms with Crippen LogP contribution in [0, 0.1) is 11.3 Å². The predicted molar refractivity (Wildman–Crippen MR) is 67.6 cm³/mol. The van der Waals surface area contributed by atoms with E-state index in [1.807, 2.05) is 11.0 Å². The zero-order valence-electron chi connectivity index (χ0n) is 10.2. The third kappa shape index (κ3) is 3.01. The van der Waals surface area contributed by atoms with Crippen LogP contribution < -0.4 is 10.2 Å². The van der Waals surface area contributed by atoms with Crippen molar-refractivity contribution in [2.45, 2.75) is 12.5 Å². The Kier molecular flexibility index (Phi) is 3.66. The van der Waals surface area contributed by atoms with Crippen molar-refractivity contribution >= 4 is 17.6 Å². The number of carbonyl (C=O) groups is 2. The molecule has 0 bridgehead atoms. The Balaban J connectivity index is 2.20. The second kappa shape index (κ2) is 5.40. The molecule has 1 fully saturated rings. The van der Waals surface area contributed by atoms with Gasteiger partial charge in [0.25, 0.3) is 0 Å². The SMILES string of the molecule is N#Cc1ccc(N2CCC(=O)NC(C(=O)O)C2)cc1. The van der Waals surface area contributed by atoms with Gasteiger partial charge in [-0.05, 0) is 24.3 Å². The van der Waals surface area contributed by atoms with Gasteiger partial charge in [0, 0.05) is 25.2 Å². The van der Waals surface area contributed by atoms with Gasteiger partial charge in [-0.15, -0.1) is 0 Å². The molecule has 6 heteroatoms. The van der Waals surface area contributed by atoms with Crippen molar-refractivity contribution in [2.24, 2.45) is 0 Å². The molecule has 0 spiro atoms. The molecule has 2 rings (SSSR count). The van der Waals surface area contributed by atoms with Crippen LogP contribution >= 0.6 is 0 Å². The quantitative estimate of drug-likeness (QED) is 0.798. The summed E-state index contributed by atoms with van der Waals surface area (Å²) >= 11 is 0. The molecule has 0 radical (unpaired) electrons. The van der Waals surface area contributed by atoms with Crippen LogP contribution in [0.2, 0.25) is 0 Å². The maximum atomic E-state index is 11.4. The largest absolute Gasteiger partial charge is 0.480 e. The molecule has 1 saturated heterocycles. The van der Waals surface area contributed by atoms with Crippen LogP contribution in [-0.2, 0) is 9.59 Å². The van der Waals surface area contributed by atoms with Gasteiger partial charge >= 0.3 is 5.97 Å². The number of amides is 1. The minimum Gasteiger partial charge on any atom is -0.480 e. The summed E-state index contributed by atoms with van der Waals surface area (Å²) in [5, 5.41) is 20.2. The first-order valence-corrected chi connectivity index (χ1v) is 5.87. The number of carbonyl (C=O) groups excluding carboxylic acids is 1. The Morgan fingerprint density at radius 3 is 2.68 bits per heavy atom. The number of benzene rings is 1. The van der Waals surface area contributed by atoms with Crippen LogP contribution in [0.15, 0.2) is 24.3 Å². The summed E-state index contributed by atoms with van der Waals surface area (Å²) in [5.74, 6) is -1.31. The highest BCUT2D eigenvalue weighted by Crippen LogP contribution is 2.17. The van der Waals surface area contributed by atoms with Gasteiger partial charge in [0.1, 0.15) is 6.04 Å². The topological polar surface area (TPSA) is 93.4 Å². The fraction of sp³-hybridized carbons (Fsp3) is 0.308.